The Hall–Kier alpha value is -0.830. The van der Waals surface area contributed by atoms with Crippen molar-refractivity contribution in [2.24, 2.45) is 0 Å². The van der Waals surface area contributed by atoms with Gasteiger partial charge in [0.1, 0.15) is 11.0 Å². The smallest absolute Gasteiger partial charge is 0.221 e. The van der Waals surface area contributed by atoms with Gasteiger partial charge in [-0.1, -0.05) is 11.6 Å². The van der Waals surface area contributed by atoms with E-state index in [4.69, 9.17) is 16.3 Å². The maximum absolute atomic E-state index is 5.87. The van der Waals surface area contributed by atoms with Crippen molar-refractivity contribution in [3.8, 4) is 5.88 Å². The molecular formula is C9H13ClN2O. The molecule has 0 radical (unpaired) electrons. The minimum absolute atomic E-state index is 0.101. The highest BCUT2D eigenvalue weighted by Crippen LogP contribution is 2.22. The van der Waals surface area contributed by atoms with Crippen molar-refractivity contribution in [3.63, 3.8) is 0 Å². The number of nitrogens with zero attached hydrogens (tertiary/aromatic N) is 2. The van der Waals surface area contributed by atoms with Crippen LogP contribution in [0, 0.1) is 13.8 Å². The van der Waals surface area contributed by atoms with Gasteiger partial charge in [0.05, 0.1) is 6.10 Å². The van der Waals surface area contributed by atoms with Crippen LogP contribution in [0.2, 0.25) is 5.15 Å². The Bertz CT molecular complexity index is 313. The third-order valence-corrected chi connectivity index (χ3v) is 1.87. The molecule has 0 aliphatic carbocycles. The number of aromatic nitrogens is 2. The van der Waals surface area contributed by atoms with Gasteiger partial charge in [-0.05, 0) is 27.7 Å². The normalized spacial score (nSPS) is 10.6. The summed E-state index contributed by atoms with van der Waals surface area (Å²) >= 11 is 5.87. The lowest BCUT2D eigenvalue weighted by molar-refractivity contribution is 0.230. The zero-order chi connectivity index (χ0) is 10.0. The maximum Gasteiger partial charge on any atom is 0.221 e. The van der Waals surface area contributed by atoms with Crippen LogP contribution in [-0.4, -0.2) is 16.1 Å². The highest BCUT2D eigenvalue weighted by molar-refractivity contribution is 6.30. The Morgan fingerprint density at radius 1 is 1.23 bits per heavy atom. The Morgan fingerprint density at radius 3 is 2.38 bits per heavy atom. The molecule has 0 aliphatic heterocycles. The fourth-order valence-corrected chi connectivity index (χ4v) is 1.11. The molecule has 0 N–H and O–H groups in total. The standard InChI is InChI=1S/C9H13ClN2O/c1-5(2)13-9-6(3)8(10)11-7(4)12-9/h5H,1-4H3. The predicted octanol–water partition coefficient (Wildman–Crippen LogP) is 2.53. The average molecular weight is 201 g/mol. The van der Waals surface area contributed by atoms with Gasteiger partial charge in [0, 0.05) is 5.56 Å². The first-order valence-corrected chi connectivity index (χ1v) is 4.56. The molecule has 1 heterocycles. The summed E-state index contributed by atoms with van der Waals surface area (Å²) < 4.78 is 5.47. The van der Waals surface area contributed by atoms with E-state index >= 15 is 0 Å². The average Bonchev–Trinajstić information content (AvgIpc) is 1.98. The van der Waals surface area contributed by atoms with Crippen molar-refractivity contribution in [1.82, 2.24) is 9.97 Å². The van der Waals surface area contributed by atoms with Gasteiger partial charge in [-0.3, -0.25) is 0 Å². The molecule has 0 saturated carbocycles. The number of hydrogen-bond donors (Lipinski definition) is 0. The SMILES string of the molecule is Cc1nc(Cl)c(C)c(OC(C)C)n1. The summed E-state index contributed by atoms with van der Waals surface area (Å²) in [5, 5.41) is 0.461. The van der Waals surface area contributed by atoms with Crippen LogP contribution in [0.1, 0.15) is 25.2 Å². The fraction of sp³-hybridized carbons (Fsp3) is 0.556. The third kappa shape index (κ3) is 2.56. The highest BCUT2D eigenvalue weighted by Gasteiger charge is 2.09. The summed E-state index contributed by atoms with van der Waals surface area (Å²) in [6.07, 6.45) is 0.101. The number of hydrogen-bond acceptors (Lipinski definition) is 3. The quantitative estimate of drug-likeness (QED) is 0.689. The molecule has 3 nitrogen and oxygen atoms in total. The topological polar surface area (TPSA) is 35.0 Å². The summed E-state index contributed by atoms with van der Waals surface area (Å²) in [4.78, 5) is 8.17. The second-order valence-corrected chi connectivity index (χ2v) is 3.52. The van der Waals surface area contributed by atoms with Crippen molar-refractivity contribution in [2.45, 2.75) is 33.8 Å². The zero-order valence-corrected chi connectivity index (χ0v) is 9.01. The molecule has 0 bridgehead atoms. The Kier molecular flexibility index (Phi) is 3.09. The Morgan fingerprint density at radius 2 is 1.85 bits per heavy atom. The molecule has 1 aromatic heterocycles. The number of aryl methyl sites for hydroxylation is 1. The zero-order valence-electron chi connectivity index (χ0n) is 8.26. The molecule has 4 heteroatoms. The Labute approximate surface area is 83.1 Å². The monoisotopic (exact) mass is 200 g/mol. The summed E-state index contributed by atoms with van der Waals surface area (Å²) in [6.45, 7) is 7.54. The van der Waals surface area contributed by atoms with Crippen molar-refractivity contribution in [3.05, 3.63) is 16.5 Å². The van der Waals surface area contributed by atoms with E-state index in [9.17, 15) is 0 Å². The van der Waals surface area contributed by atoms with E-state index in [0.29, 0.717) is 16.9 Å². The van der Waals surface area contributed by atoms with E-state index in [1.54, 1.807) is 6.92 Å². The number of rotatable bonds is 2. The van der Waals surface area contributed by atoms with Crippen LogP contribution in [0.15, 0.2) is 0 Å². The molecule has 0 aliphatic rings. The van der Waals surface area contributed by atoms with Crippen molar-refractivity contribution in [1.29, 1.82) is 0 Å². The minimum Gasteiger partial charge on any atom is -0.475 e. The highest BCUT2D eigenvalue weighted by atomic mass is 35.5. The summed E-state index contributed by atoms with van der Waals surface area (Å²) in [7, 11) is 0. The number of halogens is 1. The first-order valence-electron chi connectivity index (χ1n) is 4.18. The van der Waals surface area contributed by atoms with E-state index in [-0.39, 0.29) is 6.10 Å². The lowest BCUT2D eigenvalue weighted by Gasteiger charge is -2.11. The summed E-state index contributed by atoms with van der Waals surface area (Å²) in [5.74, 6) is 1.21. The molecule has 0 aromatic carbocycles. The molecule has 72 valence electrons. The van der Waals surface area contributed by atoms with Crippen LogP contribution < -0.4 is 4.74 Å². The van der Waals surface area contributed by atoms with Crippen LogP contribution >= 0.6 is 11.6 Å². The molecule has 13 heavy (non-hydrogen) atoms. The molecule has 1 aromatic rings. The van der Waals surface area contributed by atoms with Crippen molar-refractivity contribution in [2.75, 3.05) is 0 Å². The van der Waals surface area contributed by atoms with Crippen LogP contribution in [0.5, 0.6) is 5.88 Å². The lowest BCUT2D eigenvalue weighted by Crippen LogP contribution is -2.09. The molecule has 0 unspecified atom stereocenters. The molecule has 0 spiro atoms. The fourth-order valence-electron chi connectivity index (χ4n) is 0.908. The van der Waals surface area contributed by atoms with E-state index in [1.165, 1.54) is 0 Å². The van der Waals surface area contributed by atoms with Crippen LogP contribution in [0.25, 0.3) is 0 Å². The van der Waals surface area contributed by atoms with Gasteiger partial charge in [-0.15, -0.1) is 0 Å². The van der Waals surface area contributed by atoms with E-state index in [2.05, 4.69) is 9.97 Å². The number of ether oxygens (including phenoxy) is 1. The molecule has 1 rings (SSSR count). The molecule has 0 atom stereocenters. The van der Waals surface area contributed by atoms with Crippen LogP contribution in [0.4, 0.5) is 0 Å². The second kappa shape index (κ2) is 3.92. The Balaban J connectivity index is 3.05. The third-order valence-electron chi connectivity index (χ3n) is 1.50. The molecule has 0 fully saturated rings. The van der Waals surface area contributed by atoms with Gasteiger partial charge >= 0.3 is 0 Å². The van der Waals surface area contributed by atoms with E-state index in [0.717, 1.165) is 5.56 Å². The maximum atomic E-state index is 5.87. The lowest BCUT2D eigenvalue weighted by atomic mass is 10.3. The largest absolute Gasteiger partial charge is 0.475 e. The first-order chi connectivity index (χ1) is 6.00. The van der Waals surface area contributed by atoms with E-state index in [1.807, 2.05) is 20.8 Å². The molecule has 0 saturated heterocycles. The van der Waals surface area contributed by atoms with E-state index < -0.39 is 0 Å². The second-order valence-electron chi connectivity index (χ2n) is 3.16. The molecular weight excluding hydrogens is 188 g/mol. The van der Waals surface area contributed by atoms with Crippen LogP contribution in [-0.2, 0) is 0 Å². The summed E-state index contributed by atoms with van der Waals surface area (Å²) in [5.41, 5.74) is 0.793. The minimum atomic E-state index is 0.101. The first kappa shape index (κ1) is 10.3. The molecule has 0 amide bonds. The van der Waals surface area contributed by atoms with Gasteiger partial charge < -0.3 is 4.74 Å². The van der Waals surface area contributed by atoms with Gasteiger partial charge in [0.2, 0.25) is 5.88 Å². The summed E-state index contributed by atoms with van der Waals surface area (Å²) in [6, 6.07) is 0. The van der Waals surface area contributed by atoms with Gasteiger partial charge in [-0.25, -0.2) is 4.98 Å². The van der Waals surface area contributed by atoms with Crippen molar-refractivity contribution < 1.29 is 4.74 Å². The van der Waals surface area contributed by atoms with Crippen molar-refractivity contribution >= 4 is 11.6 Å². The predicted molar refractivity (Wildman–Crippen MR) is 52.3 cm³/mol. The van der Waals surface area contributed by atoms with Crippen LogP contribution in [0.3, 0.4) is 0 Å². The van der Waals surface area contributed by atoms with Gasteiger partial charge in [-0.2, -0.15) is 4.98 Å². The van der Waals surface area contributed by atoms with Gasteiger partial charge in [0.15, 0.2) is 0 Å². The van der Waals surface area contributed by atoms with Gasteiger partial charge in [0.25, 0.3) is 0 Å².